The van der Waals surface area contributed by atoms with Gasteiger partial charge in [-0.3, -0.25) is 9.59 Å². The van der Waals surface area contributed by atoms with Crippen molar-refractivity contribution in [1.29, 1.82) is 0 Å². The number of hydrogen-bond donors (Lipinski definition) is 1. The molecule has 0 saturated carbocycles. The SMILES string of the molecule is CC[C@@H](C)NC(=O)c1cn2c3c(cccc3c1=O)CCC2. The summed E-state index contributed by atoms with van der Waals surface area (Å²) in [4.78, 5) is 24.9. The minimum Gasteiger partial charge on any atom is -0.349 e. The lowest BCUT2D eigenvalue weighted by Gasteiger charge is -2.21. The largest absolute Gasteiger partial charge is 0.349 e. The zero-order valence-electron chi connectivity index (χ0n) is 12.5. The summed E-state index contributed by atoms with van der Waals surface area (Å²) < 4.78 is 2.06. The van der Waals surface area contributed by atoms with Crippen LogP contribution < -0.4 is 10.7 Å². The minimum atomic E-state index is -0.268. The predicted octanol–water partition coefficient (Wildman–Crippen LogP) is 2.48. The Labute approximate surface area is 123 Å². The van der Waals surface area contributed by atoms with Crippen molar-refractivity contribution in [3.05, 3.63) is 45.7 Å². The monoisotopic (exact) mass is 284 g/mol. The van der Waals surface area contributed by atoms with E-state index in [1.807, 2.05) is 26.0 Å². The van der Waals surface area contributed by atoms with Crippen molar-refractivity contribution in [3.63, 3.8) is 0 Å². The molecule has 2 heterocycles. The summed E-state index contributed by atoms with van der Waals surface area (Å²) in [5.74, 6) is -0.268. The van der Waals surface area contributed by atoms with Gasteiger partial charge < -0.3 is 9.88 Å². The van der Waals surface area contributed by atoms with E-state index in [2.05, 4.69) is 16.0 Å². The molecule has 3 rings (SSSR count). The van der Waals surface area contributed by atoms with Crippen LogP contribution in [0.3, 0.4) is 0 Å². The molecule has 1 aliphatic heterocycles. The van der Waals surface area contributed by atoms with Crippen LogP contribution in [-0.2, 0) is 13.0 Å². The number of nitrogens with one attached hydrogen (secondary N) is 1. The quantitative estimate of drug-likeness (QED) is 0.941. The van der Waals surface area contributed by atoms with Crippen LogP contribution >= 0.6 is 0 Å². The number of benzene rings is 1. The van der Waals surface area contributed by atoms with Crippen molar-refractivity contribution >= 4 is 16.8 Å². The Morgan fingerprint density at radius 2 is 2.24 bits per heavy atom. The second kappa shape index (κ2) is 5.35. The van der Waals surface area contributed by atoms with Crippen LogP contribution in [0.2, 0.25) is 0 Å². The topological polar surface area (TPSA) is 51.1 Å². The Morgan fingerprint density at radius 3 is 3.00 bits per heavy atom. The molecule has 1 aromatic heterocycles. The van der Waals surface area contributed by atoms with Crippen molar-refractivity contribution in [3.8, 4) is 0 Å². The standard InChI is InChI=1S/C17H20N2O2/c1-3-11(2)18-17(21)14-10-19-9-5-7-12-6-4-8-13(15(12)19)16(14)20/h4,6,8,10-11H,3,5,7,9H2,1-2H3,(H,18,21)/t11-/m1/s1. The molecule has 0 radical (unpaired) electrons. The Kier molecular flexibility index (Phi) is 3.53. The zero-order chi connectivity index (χ0) is 15.0. The smallest absolute Gasteiger partial charge is 0.256 e. The van der Waals surface area contributed by atoms with E-state index >= 15 is 0 Å². The Bertz CT molecular complexity index is 761. The molecule has 1 aliphatic rings. The van der Waals surface area contributed by atoms with Gasteiger partial charge in [-0.1, -0.05) is 19.1 Å². The lowest BCUT2D eigenvalue weighted by Crippen LogP contribution is -2.35. The molecule has 2 aromatic rings. The summed E-state index contributed by atoms with van der Waals surface area (Å²) in [7, 11) is 0. The highest BCUT2D eigenvalue weighted by Gasteiger charge is 2.19. The molecule has 4 nitrogen and oxygen atoms in total. The highest BCUT2D eigenvalue weighted by Crippen LogP contribution is 2.23. The molecule has 0 fully saturated rings. The maximum atomic E-state index is 12.6. The van der Waals surface area contributed by atoms with Gasteiger partial charge in [0.1, 0.15) is 5.56 Å². The predicted molar refractivity (Wildman–Crippen MR) is 83.7 cm³/mol. The molecule has 1 aromatic carbocycles. The Balaban J connectivity index is 2.16. The zero-order valence-corrected chi connectivity index (χ0v) is 12.5. The highest BCUT2D eigenvalue weighted by atomic mass is 16.2. The molecule has 0 spiro atoms. The maximum Gasteiger partial charge on any atom is 0.256 e. The average Bonchev–Trinajstić information content (AvgIpc) is 2.50. The molecule has 1 atom stereocenters. The molecular weight excluding hydrogens is 264 g/mol. The molecule has 0 unspecified atom stereocenters. The van der Waals surface area contributed by atoms with Crippen LogP contribution in [0.1, 0.15) is 42.6 Å². The summed E-state index contributed by atoms with van der Waals surface area (Å²) >= 11 is 0. The van der Waals surface area contributed by atoms with Gasteiger partial charge in [-0.15, -0.1) is 0 Å². The van der Waals surface area contributed by atoms with E-state index in [0.29, 0.717) is 5.39 Å². The van der Waals surface area contributed by atoms with Gasteiger partial charge in [-0.25, -0.2) is 0 Å². The van der Waals surface area contributed by atoms with Gasteiger partial charge >= 0.3 is 0 Å². The lowest BCUT2D eigenvalue weighted by atomic mass is 9.99. The van der Waals surface area contributed by atoms with Crippen LogP contribution in [0.25, 0.3) is 10.9 Å². The molecule has 21 heavy (non-hydrogen) atoms. The third kappa shape index (κ3) is 2.35. The molecule has 4 heteroatoms. The van der Waals surface area contributed by atoms with Crippen molar-refractivity contribution in [2.45, 2.75) is 45.7 Å². The van der Waals surface area contributed by atoms with E-state index in [9.17, 15) is 9.59 Å². The van der Waals surface area contributed by atoms with Crippen LogP contribution in [0.4, 0.5) is 0 Å². The molecular formula is C17H20N2O2. The summed E-state index contributed by atoms with van der Waals surface area (Å²) in [5.41, 5.74) is 2.28. The first-order chi connectivity index (χ1) is 10.1. The molecule has 0 bridgehead atoms. The van der Waals surface area contributed by atoms with Gasteiger partial charge in [-0.05, 0) is 37.8 Å². The summed E-state index contributed by atoms with van der Waals surface area (Å²) in [6, 6.07) is 5.87. The molecule has 0 saturated heterocycles. The second-order valence-electron chi connectivity index (χ2n) is 5.76. The first kappa shape index (κ1) is 13.9. The number of aryl methyl sites for hydroxylation is 2. The lowest BCUT2D eigenvalue weighted by molar-refractivity contribution is 0.0937. The summed E-state index contributed by atoms with van der Waals surface area (Å²) in [6.45, 7) is 4.81. The maximum absolute atomic E-state index is 12.6. The van der Waals surface area contributed by atoms with E-state index in [4.69, 9.17) is 0 Å². The highest BCUT2D eigenvalue weighted by molar-refractivity contribution is 5.98. The van der Waals surface area contributed by atoms with Gasteiger partial charge in [-0.2, -0.15) is 0 Å². The fraction of sp³-hybridized carbons (Fsp3) is 0.412. The molecule has 0 aliphatic carbocycles. The number of carbonyl (C=O) groups is 1. The van der Waals surface area contributed by atoms with Gasteiger partial charge in [0.15, 0.2) is 0 Å². The first-order valence-corrected chi connectivity index (χ1v) is 7.57. The minimum absolute atomic E-state index is 0.0697. The van der Waals surface area contributed by atoms with E-state index in [1.54, 1.807) is 6.20 Å². The number of hydrogen-bond acceptors (Lipinski definition) is 2. The fourth-order valence-corrected chi connectivity index (χ4v) is 2.92. The number of para-hydroxylation sites is 1. The number of amides is 1. The number of carbonyl (C=O) groups excluding carboxylic acids is 1. The van der Waals surface area contributed by atoms with Gasteiger partial charge in [0.05, 0.1) is 5.52 Å². The van der Waals surface area contributed by atoms with E-state index in [-0.39, 0.29) is 22.9 Å². The normalized spacial score (nSPS) is 15.0. The average molecular weight is 284 g/mol. The number of nitrogens with zero attached hydrogens (tertiary/aromatic N) is 1. The van der Waals surface area contributed by atoms with Gasteiger partial charge in [0, 0.05) is 24.2 Å². The molecule has 110 valence electrons. The van der Waals surface area contributed by atoms with Crippen LogP contribution in [0, 0.1) is 0 Å². The molecule has 1 amide bonds. The van der Waals surface area contributed by atoms with E-state index in [0.717, 1.165) is 31.3 Å². The Hall–Kier alpha value is -2.10. The van der Waals surface area contributed by atoms with Gasteiger partial charge in [0.2, 0.25) is 5.43 Å². The van der Waals surface area contributed by atoms with Crippen molar-refractivity contribution in [2.24, 2.45) is 0 Å². The fourth-order valence-electron chi connectivity index (χ4n) is 2.92. The number of rotatable bonds is 3. The summed E-state index contributed by atoms with van der Waals surface area (Å²) in [5, 5.41) is 3.54. The Morgan fingerprint density at radius 1 is 1.43 bits per heavy atom. The van der Waals surface area contributed by atoms with E-state index in [1.165, 1.54) is 5.56 Å². The van der Waals surface area contributed by atoms with Crippen LogP contribution in [0.5, 0.6) is 0 Å². The van der Waals surface area contributed by atoms with Gasteiger partial charge in [0.25, 0.3) is 5.91 Å². The van der Waals surface area contributed by atoms with Crippen molar-refractivity contribution in [2.75, 3.05) is 0 Å². The number of aromatic nitrogens is 1. The molecule has 1 N–H and O–H groups in total. The third-order valence-electron chi connectivity index (χ3n) is 4.26. The van der Waals surface area contributed by atoms with Crippen LogP contribution in [0.15, 0.2) is 29.2 Å². The second-order valence-corrected chi connectivity index (χ2v) is 5.76. The number of pyridine rings is 1. The van der Waals surface area contributed by atoms with E-state index < -0.39 is 0 Å². The third-order valence-corrected chi connectivity index (χ3v) is 4.26. The summed E-state index contributed by atoms with van der Waals surface area (Å²) in [6.07, 6.45) is 4.61. The first-order valence-electron chi connectivity index (χ1n) is 7.57. The van der Waals surface area contributed by atoms with Crippen molar-refractivity contribution in [1.82, 2.24) is 9.88 Å². The van der Waals surface area contributed by atoms with Crippen LogP contribution in [-0.4, -0.2) is 16.5 Å². The van der Waals surface area contributed by atoms with Crippen molar-refractivity contribution < 1.29 is 4.79 Å².